The van der Waals surface area contributed by atoms with Crippen molar-refractivity contribution in [3.63, 3.8) is 0 Å². The van der Waals surface area contributed by atoms with Gasteiger partial charge in [0.2, 0.25) is 0 Å². The summed E-state index contributed by atoms with van der Waals surface area (Å²) in [6, 6.07) is 9.56. The zero-order chi connectivity index (χ0) is 15.9. The number of rotatable bonds is 7. The third-order valence-electron chi connectivity index (χ3n) is 3.23. The summed E-state index contributed by atoms with van der Waals surface area (Å²) in [5.41, 5.74) is 1.10. The summed E-state index contributed by atoms with van der Waals surface area (Å²) in [4.78, 5) is 12.0. The number of carbonyl (C=O) groups excluding carboxylic acids is 1. The summed E-state index contributed by atoms with van der Waals surface area (Å²) >= 11 is 0. The SMILES string of the molecule is CCc1ccccc1OCC(=O)Nc1ccnn1CC(C)C. The first-order chi connectivity index (χ1) is 10.6. The normalized spacial score (nSPS) is 10.7. The summed E-state index contributed by atoms with van der Waals surface area (Å²) in [6.07, 6.45) is 2.56. The van der Waals surface area contributed by atoms with Crippen molar-refractivity contribution in [3.05, 3.63) is 42.1 Å². The van der Waals surface area contributed by atoms with E-state index >= 15 is 0 Å². The molecule has 0 aliphatic heterocycles. The minimum absolute atomic E-state index is 0.0100. The molecule has 2 rings (SSSR count). The van der Waals surface area contributed by atoms with Gasteiger partial charge in [-0.15, -0.1) is 0 Å². The topological polar surface area (TPSA) is 56.1 Å². The summed E-state index contributed by atoms with van der Waals surface area (Å²) < 4.78 is 7.41. The third kappa shape index (κ3) is 4.35. The Labute approximate surface area is 131 Å². The molecule has 1 aromatic heterocycles. The maximum atomic E-state index is 12.0. The van der Waals surface area contributed by atoms with Gasteiger partial charge in [-0.25, -0.2) is 4.68 Å². The monoisotopic (exact) mass is 301 g/mol. The number of hydrogen-bond donors (Lipinski definition) is 1. The number of nitrogens with one attached hydrogen (secondary N) is 1. The molecule has 0 bridgehead atoms. The maximum Gasteiger partial charge on any atom is 0.263 e. The molecule has 0 spiro atoms. The number of aromatic nitrogens is 2. The number of anilines is 1. The van der Waals surface area contributed by atoms with Gasteiger partial charge < -0.3 is 10.1 Å². The van der Waals surface area contributed by atoms with Crippen molar-refractivity contribution in [2.24, 2.45) is 5.92 Å². The zero-order valence-corrected chi connectivity index (χ0v) is 13.4. The fourth-order valence-corrected chi connectivity index (χ4v) is 2.19. The molecular formula is C17H23N3O2. The Balaban J connectivity index is 1.92. The molecule has 0 saturated heterocycles. The van der Waals surface area contributed by atoms with Crippen molar-refractivity contribution in [1.82, 2.24) is 9.78 Å². The predicted octanol–water partition coefficient (Wildman–Crippen LogP) is 3.12. The molecule has 1 N–H and O–H groups in total. The average molecular weight is 301 g/mol. The fourth-order valence-electron chi connectivity index (χ4n) is 2.19. The summed E-state index contributed by atoms with van der Waals surface area (Å²) in [5, 5.41) is 7.06. The van der Waals surface area contributed by atoms with E-state index in [1.807, 2.05) is 24.3 Å². The molecule has 118 valence electrons. The van der Waals surface area contributed by atoms with Crippen LogP contribution in [0.5, 0.6) is 5.75 Å². The van der Waals surface area contributed by atoms with Crippen LogP contribution in [0.25, 0.3) is 0 Å². The number of para-hydroxylation sites is 1. The molecule has 0 aliphatic carbocycles. The van der Waals surface area contributed by atoms with E-state index < -0.39 is 0 Å². The number of ether oxygens (including phenoxy) is 1. The average Bonchev–Trinajstić information content (AvgIpc) is 2.91. The van der Waals surface area contributed by atoms with Gasteiger partial charge in [-0.3, -0.25) is 4.79 Å². The molecule has 1 heterocycles. The van der Waals surface area contributed by atoms with E-state index in [0.29, 0.717) is 11.7 Å². The van der Waals surface area contributed by atoms with Crippen molar-refractivity contribution >= 4 is 11.7 Å². The van der Waals surface area contributed by atoms with Crippen LogP contribution in [-0.4, -0.2) is 22.3 Å². The van der Waals surface area contributed by atoms with Gasteiger partial charge in [0, 0.05) is 12.6 Å². The highest BCUT2D eigenvalue weighted by atomic mass is 16.5. The zero-order valence-electron chi connectivity index (χ0n) is 13.4. The number of nitrogens with zero attached hydrogens (tertiary/aromatic N) is 2. The maximum absolute atomic E-state index is 12.0. The van der Waals surface area contributed by atoms with Crippen LogP contribution in [0.2, 0.25) is 0 Å². The molecule has 2 aromatic rings. The molecule has 0 aliphatic rings. The van der Waals surface area contributed by atoms with Gasteiger partial charge in [-0.1, -0.05) is 39.0 Å². The van der Waals surface area contributed by atoms with Crippen LogP contribution >= 0.6 is 0 Å². The Kier molecular flexibility index (Phi) is 5.58. The highest BCUT2D eigenvalue weighted by Gasteiger charge is 2.10. The number of aryl methyl sites for hydroxylation is 1. The lowest BCUT2D eigenvalue weighted by Crippen LogP contribution is -2.23. The van der Waals surface area contributed by atoms with E-state index in [-0.39, 0.29) is 12.5 Å². The summed E-state index contributed by atoms with van der Waals surface area (Å²) in [6.45, 7) is 7.04. The second-order valence-corrected chi connectivity index (χ2v) is 5.59. The number of benzene rings is 1. The van der Waals surface area contributed by atoms with Gasteiger partial charge in [-0.2, -0.15) is 5.10 Å². The Morgan fingerprint density at radius 3 is 2.82 bits per heavy atom. The minimum atomic E-state index is -0.184. The van der Waals surface area contributed by atoms with Gasteiger partial charge in [0.25, 0.3) is 5.91 Å². The molecule has 5 nitrogen and oxygen atoms in total. The summed E-state index contributed by atoms with van der Waals surface area (Å²) in [5.74, 6) is 1.74. The molecule has 0 radical (unpaired) electrons. The molecule has 5 heteroatoms. The molecule has 0 saturated carbocycles. The van der Waals surface area contributed by atoms with Crippen LogP contribution in [0.1, 0.15) is 26.3 Å². The Hall–Kier alpha value is -2.30. The first kappa shape index (κ1) is 16.1. The standard InChI is InChI=1S/C17H23N3O2/c1-4-14-7-5-6-8-15(14)22-12-17(21)19-16-9-10-18-20(16)11-13(2)3/h5-10,13H,4,11-12H2,1-3H3,(H,19,21). The van der Waals surface area contributed by atoms with Crippen molar-refractivity contribution < 1.29 is 9.53 Å². The van der Waals surface area contributed by atoms with Crippen molar-refractivity contribution in [2.75, 3.05) is 11.9 Å². The van der Waals surface area contributed by atoms with Crippen molar-refractivity contribution in [3.8, 4) is 5.75 Å². The highest BCUT2D eigenvalue weighted by molar-refractivity contribution is 5.91. The van der Waals surface area contributed by atoms with Gasteiger partial charge in [0.15, 0.2) is 6.61 Å². The van der Waals surface area contributed by atoms with Crippen LogP contribution in [0, 0.1) is 5.92 Å². The van der Waals surface area contributed by atoms with Crippen LogP contribution in [0.4, 0.5) is 5.82 Å². The lowest BCUT2D eigenvalue weighted by Gasteiger charge is -2.12. The van der Waals surface area contributed by atoms with E-state index in [1.54, 1.807) is 16.9 Å². The molecular weight excluding hydrogens is 278 g/mol. The number of carbonyl (C=O) groups is 1. The molecule has 1 aromatic carbocycles. The highest BCUT2D eigenvalue weighted by Crippen LogP contribution is 2.18. The lowest BCUT2D eigenvalue weighted by atomic mass is 10.1. The third-order valence-corrected chi connectivity index (χ3v) is 3.23. The van der Waals surface area contributed by atoms with Gasteiger partial charge >= 0.3 is 0 Å². The second kappa shape index (κ2) is 7.64. The van der Waals surface area contributed by atoms with Crippen molar-refractivity contribution in [2.45, 2.75) is 33.7 Å². The first-order valence-corrected chi connectivity index (χ1v) is 7.62. The van der Waals surface area contributed by atoms with Crippen LogP contribution in [0.3, 0.4) is 0 Å². The van der Waals surface area contributed by atoms with Gasteiger partial charge in [-0.05, 0) is 24.0 Å². The van der Waals surface area contributed by atoms with E-state index in [4.69, 9.17) is 4.74 Å². The molecule has 22 heavy (non-hydrogen) atoms. The predicted molar refractivity (Wildman–Crippen MR) is 87.0 cm³/mol. The van der Waals surface area contributed by atoms with Gasteiger partial charge in [0.05, 0.1) is 6.20 Å². The quantitative estimate of drug-likeness (QED) is 0.855. The van der Waals surface area contributed by atoms with Crippen LogP contribution in [0.15, 0.2) is 36.5 Å². The molecule has 0 fully saturated rings. The van der Waals surface area contributed by atoms with Crippen molar-refractivity contribution in [1.29, 1.82) is 0 Å². The Bertz CT molecular complexity index is 620. The fraction of sp³-hybridized carbons (Fsp3) is 0.412. The van der Waals surface area contributed by atoms with E-state index in [0.717, 1.165) is 24.3 Å². The molecule has 1 amide bonds. The molecule has 0 unspecified atom stereocenters. The minimum Gasteiger partial charge on any atom is -0.483 e. The van der Waals surface area contributed by atoms with Crippen LogP contribution < -0.4 is 10.1 Å². The van der Waals surface area contributed by atoms with E-state index in [1.165, 1.54) is 0 Å². The second-order valence-electron chi connectivity index (χ2n) is 5.59. The number of hydrogen-bond acceptors (Lipinski definition) is 3. The summed E-state index contributed by atoms with van der Waals surface area (Å²) in [7, 11) is 0. The number of amides is 1. The first-order valence-electron chi connectivity index (χ1n) is 7.62. The largest absolute Gasteiger partial charge is 0.483 e. The van der Waals surface area contributed by atoms with Crippen LogP contribution in [-0.2, 0) is 17.8 Å². The lowest BCUT2D eigenvalue weighted by molar-refractivity contribution is -0.118. The van der Waals surface area contributed by atoms with E-state index in [9.17, 15) is 4.79 Å². The molecule has 0 atom stereocenters. The Morgan fingerprint density at radius 2 is 2.09 bits per heavy atom. The Morgan fingerprint density at radius 1 is 1.32 bits per heavy atom. The smallest absolute Gasteiger partial charge is 0.263 e. The van der Waals surface area contributed by atoms with Gasteiger partial charge in [0.1, 0.15) is 11.6 Å². The van der Waals surface area contributed by atoms with E-state index in [2.05, 4.69) is 31.2 Å².